The van der Waals surface area contributed by atoms with Crippen LogP contribution in [0, 0.1) is 0 Å². The predicted molar refractivity (Wildman–Crippen MR) is 118 cm³/mol. The second kappa shape index (κ2) is 10.1. The number of benzene rings is 2. The Kier molecular flexibility index (Phi) is 7.30. The fourth-order valence-corrected chi connectivity index (χ4v) is 3.42. The number of hydrogen-bond acceptors (Lipinski definition) is 3. The lowest BCUT2D eigenvalue weighted by atomic mass is 10.1. The first kappa shape index (κ1) is 21.6. The van der Waals surface area contributed by atoms with Crippen LogP contribution in [0.2, 0.25) is 5.02 Å². The van der Waals surface area contributed by atoms with E-state index in [4.69, 9.17) is 11.6 Å². The van der Waals surface area contributed by atoms with Crippen molar-refractivity contribution in [3.05, 3.63) is 70.2 Å². The van der Waals surface area contributed by atoms with Gasteiger partial charge >= 0.3 is 0 Å². The summed E-state index contributed by atoms with van der Waals surface area (Å²) < 4.78 is 0. The molecule has 0 aromatic heterocycles. The van der Waals surface area contributed by atoms with Gasteiger partial charge in [0, 0.05) is 50.9 Å². The maximum Gasteiger partial charge on any atom is 0.251 e. The number of aliphatic imine (C=N–C) groups is 1. The van der Waals surface area contributed by atoms with E-state index in [1.54, 1.807) is 26.2 Å². The van der Waals surface area contributed by atoms with Crippen LogP contribution < -0.4 is 10.6 Å². The Bertz CT molecular complexity index is 912. The van der Waals surface area contributed by atoms with Gasteiger partial charge < -0.3 is 20.4 Å². The van der Waals surface area contributed by atoms with Gasteiger partial charge in [-0.2, -0.15) is 0 Å². The van der Waals surface area contributed by atoms with Crippen molar-refractivity contribution in [1.82, 2.24) is 20.4 Å². The molecule has 1 heterocycles. The van der Waals surface area contributed by atoms with Gasteiger partial charge in [0.25, 0.3) is 5.91 Å². The summed E-state index contributed by atoms with van der Waals surface area (Å²) in [5, 5.41) is 6.59. The van der Waals surface area contributed by atoms with E-state index in [9.17, 15) is 9.59 Å². The number of amides is 2. The molecule has 0 atom stereocenters. The number of carbonyl (C=O) groups is 2. The zero-order valence-electron chi connectivity index (χ0n) is 17.2. The van der Waals surface area contributed by atoms with E-state index in [1.165, 1.54) is 0 Å². The molecule has 0 aliphatic carbocycles. The molecule has 2 amide bonds. The lowest BCUT2D eigenvalue weighted by Gasteiger charge is -2.36. The van der Waals surface area contributed by atoms with E-state index in [2.05, 4.69) is 15.6 Å². The average molecular weight is 428 g/mol. The van der Waals surface area contributed by atoms with Gasteiger partial charge in [0.05, 0.1) is 6.54 Å². The number of rotatable bonds is 5. The Morgan fingerprint density at radius 3 is 2.33 bits per heavy atom. The van der Waals surface area contributed by atoms with Crippen molar-refractivity contribution in [3.63, 3.8) is 0 Å². The van der Waals surface area contributed by atoms with Crippen LogP contribution in [0.1, 0.15) is 21.5 Å². The Hall–Kier alpha value is -3.06. The summed E-state index contributed by atoms with van der Waals surface area (Å²) in [5.74, 6) is 0.638. The average Bonchev–Trinajstić information content (AvgIpc) is 2.77. The highest BCUT2D eigenvalue weighted by Crippen LogP contribution is 2.14. The number of nitrogens with zero attached hydrogens (tertiary/aromatic N) is 3. The number of hydrogen-bond donors (Lipinski definition) is 2. The van der Waals surface area contributed by atoms with E-state index in [1.807, 2.05) is 46.2 Å². The van der Waals surface area contributed by atoms with Gasteiger partial charge in [-0.15, -0.1) is 0 Å². The quantitative estimate of drug-likeness (QED) is 0.566. The van der Waals surface area contributed by atoms with Crippen molar-refractivity contribution in [2.24, 2.45) is 4.99 Å². The summed E-state index contributed by atoms with van der Waals surface area (Å²) in [5.41, 5.74) is 2.70. The molecule has 2 aromatic carbocycles. The molecule has 1 fully saturated rings. The smallest absolute Gasteiger partial charge is 0.251 e. The van der Waals surface area contributed by atoms with Crippen molar-refractivity contribution in [2.45, 2.75) is 13.1 Å². The Balaban J connectivity index is 1.53. The summed E-state index contributed by atoms with van der Waals surface area (Å²) in [4.78, 5) is 32.4. The minimum absolute atomic E-state index is 0.0640. The van der Waals surface area contributed by atoms with Crippen LogP contribution in [0.5, 0.6) is 0 Å². The zero-order chi connectivity index (χ0) is 21.5. The molecule has 2 N–H and O–H groups in total. The highest BCUT2D eigenvalue weighted by atomic mass is 35.5. The molecule has 0 spiro atoms. The predicted octanol–water partition coefficient (Wildman–Crippen LogP) is 2.12. The Morgan fingerprint density at radius 1 is 1.07 bits per heavy atom. The van der Waals surface area contributed by atoms with Crippen molar-refractivity contribution in [1.29, 1.82) is 0 Å². The summed E-state index contributed by atoms with van der Waals surface area (Å²) >= 11 is 5.93. The lowest BCUT2D eigenvalue weighted by molar-refractivity contribution is -0.135. The first-order valence-electron chi connectivity index (χ1n) is 9.79. The molecule has 0 bridgehead atoms. The number of nitrogens with one attached hydrogen (secondary N) is 2. The molecular formula is C22H26ClN5O2. The molecule has 30 heavy (non-hydrogen) atoms. The van der Waals surface area contributed by atoms with Crippen LogP contribution in [0.4, 0.5) is 0 Å². The van der Waals surface area contributed by atoms with Crippen LogP contribution in [0.25, 0.3) is 0 Å². The molecular weight excluding hydrogens is 402 g/mol. The molecule has 1 aliphatic heterocycles. The van der Waals surface area contributed by atoms with Crippen LogP contribution in [0.15, 0.2) is 53.5 Å². The molecule has 158 valence electrons. The summed E-state index contributed by atoms with van der Waals surface area (Å²) in [6.45, 7) is 2.74. The number of guanidine groups is 1. The minimum atomic E-state index is -0.111. The molecule has 3 rings (SSSR count). The maximum absolute atomic E-state index is 12.6. The summed E-state index contributed by atoms with van der Waals surface area (Å²) in [7, 11) is 3.32. The minimum Gasteiger partial charge on any atom is -0.355 e. The van der Waals surface area contributed by atoms with E-state index in [0.717, 1.165) is 11.1 Å². The molecule has 7 nitrogen and oxygen atoms in total. The van der Waals surface area contributed by atoms with Crippen LogP contribution >= 0.6 is 11.6 Å². The second-order valence-electron chi connectivity index (χ2n) is 7.04. The lowest BCUT2D eigenvalue weighted by Crippen LogP contribution is -2.54. The highest BCUT2D eigenvalue weighted by Gasteiger charge is 2.25. The fourth-order valence-electron chi connectivity index (χ4n) is 3.30. The topological polar surface area (TPSA) is 77.0 Å². The molecule has 2 aromatic rings. The fraction of sp³-hybridized carbons (Fsp3) is 0.318. The van der Waals surface area contributed by atoms with Crippen LogP contribution in [0.3, 0.4) is 0 Å². The van der Waals surface area contributed by atoms with Gasteiger partial charge in [0.15, 0.2) is 5.96 Å². The first-order valence-corrected chi connectivity index (χ1v) is 10.2. The highest BCUT2D eigenvalue weighted by molar-refractivity contribution is 6.30. The maximum atomic E-state index is 12.6. The third kappa shape index (κ3) is 5.51. The standard InChI is InChI=1S/C22H26ClN5O2/c1-24-21(30)18-7-3-16(4-8-18)13-26-22(25-2)28-12-11-27(20(29)15-28)14-17-5-9-19(23)10-6-17/h3-10H,11-15H2,1-2H3,(H,24,30)(H,25,26). The largest absolute Gasteiger partial charge is 0.355 e. The van der Waals surface area contributed by atoms with E-state index >= 15 is 0 Å². The number of carbonyl (C=O) groups excluding carboxylic acids is 2. The number of halogens is 1. The van der Waals surface area contributed by atoms with Gasteiger partial charge in [-0.3, -0.25) is 14.6 Å². The van der Waals surface area contributed by atoms with Gasteiger partial charge in [0.2, 0.25) is 5.91 Å². The molecule has 1 saturated heterocycles. The monoisotopic (exact) mass is 427 g/mol. The molecule has 8 heteroatoms. The third-order valence-electron chi connectivity index (χ3n) is 5.01. The zero-order valence-corrected chi connectivity index (χ0v) is 17.9. The normalized spacial score (nSPS) is 14.6. The molecule has 0 saturated carbocycles. The van der Waals surface area contributed by atoms with Crippen molar-refractivity contribution in [2.75, 3.05) is 33.7 Å². The van der Waals surface area contributed by atoms with Crippen LogP contribution in [-0.2, 0) is 17.9 Å². The van der Waals surface area contributed by atoms with Crippen molar-refractivity contribution >= 4 is 29.4 Å². The Labute approximate surface area is 181 Å². The van der Waals surface area contributed by atoms with E-state index in [0.29, 0.717) is 42.7 Å². The SMILES string of the molecule is CN=C(NCc1ccc(C(=O)NC)cc1)N1CCN(Cc2ccc(Cl)cc2)C(=O)C1. The van der Waals surface area contributed by atoms with Crippen molar-refractivity contribution < 1.29 is 9.59 Å². The Morgan fingerprint density at radius 2 is 1.73 bits per heavy atom. The van der Waals surface area contributed by atoms with Gasteiger partial charge in [0.1, 0.15) is 0 Å². The first-order chi connectivity index (χ1) is 14.5. The van der Waals surface area contributed by atoms with Gasteiger partial charge in [-0.25, -0.2) is 0 Å². The number of piperazine rings is 1. The van der Waals surface area contributed by atoms with Crippen molar-refractivity contribution in [3.8, 4) is 0 Å². The van der Waals surface area contributed by atoms with Gasteiger partial charge in [-0.05, 0) is 35.4 Å². The third-order valence-corrected chi connectivity index (χ3v) is 5.26. The second-order valence-corrected chi connectivity index (χ2v) is 7.48. The summed E-state index contributed by atoms with van der Waals surface area (Å²) in [6, 6.07) is 14.9. The van der Waals surface area contributed by atoms with E-state index in [-0.39, 0.29) is 18.4 Å². The van der Waals surface area contributed by atoms with E-state index < -0.39 is 0 Å². The molecule has 0 unspecified atom stereocenters. The molecule has 0 radical (unpaired) electrons. The molecule has 1 aliphatic rings. The van der Waals surface area contributed by atoms with Crippen LogP contribution in [-0.4, -0.2) is 61.3 Å². The summed E-state index contributed by atoms with van der Waals surface area (Å²) in [6.07, 6.45) is 0. The van der Waals surface area contributed by atoms with Gasteiger partial charge in [-0.1, -0.05) is 35.9 Å².